The first-order chi connectivity index (χ1) is 9.90. The van der Waals surface area contributed by atoms with E-state index in [-0.39, 0.29) is 11.6 Å². The Morgan fingerprint density at radius 1 is 1.38 bits per heavy atom. The van der Waals surface area contributed by atoms with Crippen molar-refractivity contribution in [2.75, 3.05) is 18.4 Å². The number of nitrogens with zero attached hydrogens (tertiary/aromatic N) is 1. The van der Waals surface area contributed by atoms with Crippen molar-refractivity contribution in [2.24, 2.45) is 11.8 Å². The summed E-state index contributed by atoms with van der Waals surface area (Å²) >= 11 is 0. The molecule has 2 rings (SSSR count). The van der Waals surface area contributed by atoms with Crippen LogP contribution >= 0.6 is 0 Å². The zero-order valence-electron chi connectivity index (χ0n) is 12.7. The first kappa shape index (κ1) is 15.4. The maximum atomic E-state index is 12.3. The Balaban J connectivity index is 2.07. The molecule has 0 spiro atoms. The van der Waals surface area contributed by atoms with E-state index in [4.69, 9.17) is 5.11 Å². The van der Waals surface area contributed by atoms with Crippen molar-refractivity contribution in [2.45, 2.75) is 27.2 Å². The summed E-state index contributed by atoms with van der Waals surface area (Å²) < 4.78 is 0. The average molecular weight is 290 g/mol. The number of aromatic carboxylic acids is 1. The molecule has 0 radical (unpaired) electrons. The fourth-order valence-electron chi connectivity index (χ4n) is 2.71. The van der Waals surface area contributed by atoms with Crippen molar-refractivity contribution in [1.82, 2.24) is 4.90 Å². The second-order valence-corrected chi connectivity index (χ2v) is 5.95. The van der Waals surface area contributed by atoms with E-state index in [1.165, 1.54) is 6.07 Å². The number of carbonyl (C=O) groups excluding carboxylic acids is 1. The van der Waals surface area contributed by atoms with E-state index in [1.807, 2.05) is 0 Å². The Morgan fingerprint density at radius 3 is 2.67 bits per heavy atom. The number of rotatable bonds is 3. The summed E-state index contributed by atoms with van der Waals surface area (Å²) in [4.78, 5) is 25.2. The van der Waals surface area contributed by atoms with Crippen molar-refractivity contribution in [3.05, 3.63) is 29.3 Å². The van der Waals surface area contributed by atoms with E-state index in [0.717, 1.165) is 19.5 Å². The molecule has 114 valence electrons. The van der Waals surface area contributed by atoms with Crippen LogP contribution in [-0.2, 0) is 0 Å². The average Bonchev–Trinajstić information content (AvgIpc) is 2.90. The van der Waals surface area contributed by atoms with Gasteiger partial charge in [-0.3, -0.25) is 0 Å². The highest BCUT2D eigenvalue weighted by molar-refractivity contribution is 5.95. The molecule has 1 unspecified atom stereocenters. The summed E-state index contributed by atoms with van der Waals surface area (Å²) in [6, 6.07) is 4.77. The number of carbonyl (C=O) groups is 2. The summed E-state index contributed by atoms with van der Waals surface area (Å²) in [5.74, 6) is 0.131. The van der Waals surface area contributed by atoms with Gasteiger partial charge in [-0.25, -0.2) is 9.59 Å². The number of carboxylic acids is 1. The zero-order valence-corrected chi connectivity index (χ0v) is 12.7. The second kappa shape index (κ2) is 6.16. The van der Waals surface area contributed by atoms with Crippen LogP contribution in [0.4, 0.5) is 10.5 Å². The molecule has 1 heterocycles. The van der Waals surface area contributed by atoms with Gasteiger partial charge in [0.15, 0.2) is 0 Å². The van der Waals surface area contributed by atoms with Crippen LogP contribution in [0.25, 0.3) is 0 Å². The number of nitrogens with one attached hydrogen (secondary N) is 1. The third-order valence-corrected chi connectivity index (χ3v) is 4.26. The third-order valence-electron chi connectivity index (χ3n) is 4.26. The first-order valence-corrected chi connectivity index (χ1v) is 7.29. The second-order valence-electron chi connectivity index (χ2n) is 5.95. The van der Waals surface area contributed by atoms with E-state index >= 15 is 0 Å². The summed E-state index contributed by atoms with van der Waals surface area (Å²) in [6.45, 7) is 7.58. The largest absolute Gasteiger partial charge is 0.478 e. The highest BCUT2D eigenvalue weighted by atomic mass is 16.4. The van der Waals surface area contributed by atoms with Gasteiger partial charge in [0, 0.05) is 18.8 Å². The van der Waals surface area contributed by atoms with Gasteiger partial charge in [-0.1, -0.05) is 19.9 Å². The van der Waals surface area contributed by atoms with Gasteiger partial charge in [-0.2, -0.15) is 0 Å². The number of hydrogen-bond acceptors (Lipinski definition) is 2. The Bertz CT molecular complexity index is 554. The van der Waals surface area contributed by atoms with Gasteiger partial charge in [0.25, 0.3) is 0 Å². The van der Waals surface area contributed by atoms with Gasteiger partial charge in [-0.15, -0.1) is 0 Å². The van der Waals surface area contributed by atoms with E-state index < -0.39 is 5.97 Å². The molecule has 21 heavy (non-hydrogen) atoms. The Labute approximate surface area is 125 Å². The van der Waals surface area contributed by atoms with Crippen molar-refractivity contribution in [3.63, 3.8) is 0 Å². The monoisotopic (exact) mass is 290 g/mol. The van der Waals surface area contributed by atoms with E-state index in [0.29, 0.717) is 23.1 Å². The Hall–Kier alpha value is -2.04. The van der Waals surface area contributed by atoms with Crippen LogP contribution in [-0.4, -0.2) is 35.1 Å². The summed E-state index contributed by atoms with van der Waals surface area (Å²) in [5.41, 5.74) is 1.36. The molecule has 5 heteroatoms. The molecule has 1 saturated heterocycles. The van der Waals surface area contributed by atoms with Crippen LogP contribution < -0.4 is 5.32 Å². The lowest BCUT2D eigenvalue weighted by Crippen LogP contribution is -2.33. The predicted molar refractivity (Wildman–Crippen MR) is 81.7 cm³/mol. The molecule has 2 N–H and O–H groups in total. The number of carboxylic acid groups (broad SMARTS) is 1. The Kier molecular flexibility index (Phi) is 4.50. The number of hydrogen-bond donors (Lipinski definition) is 2. The fourth-order valence-corrected chi connectivity index (χ4v) is 2.71. The molecule has 1 fully saturated rings. The maximum absolute atomic E-state index is 12.3. The van der Waals surface area contributed by atoms with Gasteiger partial charge in [0.1, 0.15) is 0 Å². The van der Waals surface area contributed by atoms with Gasteiger partial charge in [-0.05, 0) is 42.9 Å². The molecule has 2 amide bonds. The van der Waals surface area contributed by atoms with Crippen LogP contribution in [0.15, 0.2) is 18.2 Å². The molecule has 0 aromatic heterocycles. The maximum Gasteiger partial charge on any atom is 0.336 e. The fraction of sp³-hybridized carbons (Fsp3) is 0.500. The zero-order chi connectivity index (χ0) is 15.6. The van der Waals surface area contributed by atoms with Gasteiger partial charge in [0.05, 0.1) is 5.56 Å². The number of amides is 2. The van der Waals surface area contributed by atoms with Gasteiger partial charge < -0.3 is 15.3 Å². The molecular weight excluding hydrogens is 268 g/mol. The first-order valence-electron chi connectivity index (χ1n) is 7.29. The number of anilines is 1. The molecule has 1 aromatic carbocycles. The van der Waals surface area contributed by atoms with Crippen LogP contribution in [0.3, 0.4) is 0 Å². The number of likely N-dealkylation sites (tertiary alicyclic amines) is 1. The van der Waals surface area contributed by atoms with Gasteiger partial charge >= 0.3 is 12.0 Å². The lowest BCUT2D eigenvalue weighted by Gasteiger charge is -2.19. The van der Waals surface area contributed by atoms with E-state index in [9.17, 15) is 9.59 Å². The molecule has 0 aliphatic carbocycles. The molecule has 0 saturated carbocycles. The Morgan fingerprint density at radius 2 is 2.10 bits per heavy atom. The van der Waals surface area contributed by atoms with E-state index in [2.05, 4.69) is 19.2 Å². The normalized spacial score (nSPS) is 18.1. The van der Waals surface area contributed by atoms with Crippen LogP contribution in [0.1, 0.15) is 36.2 Å². The number of urea groups is 1. The van der Waals surface area contributed by atoms with Crippen molar-refractivity contribution >= 4 is 17.7 Å². The minimum atomic E-state index is -0.982. The number of benzene rings is 1. The molecule has 1 aromatic rings. The van der Waals surface area contributed by atoms with Crippen molar-refractivity contribution < 1.29 is 14.7 Å². The minimum absolute atomic E-state index is 0.149. The van der Waals surface area contributed by atoms with Gasteiger partial charge in [0.2, 0.25) is 0 Å². The molecule has 1 aliphatic rings. The summed E-state index contributed by atoms with van der Waals surface area (Å²) in [5, 5.41) is 11.9. The summed E-state index contributed by atoms with van der Waals surface area (Å²) in [7, 11) is 0. The molecule has 1 aliphatic heterocycles. The highest BCUT2D eigenvalue weighted by Crippen LogP contribution is 2.25. The van der Waals surface area contributed by atoms with Crippen molar-refractivity contribution in [3.8, 4) is 0 Å². The predicted octanol–water partition coefficient (Wildman–Crippen LogP) is 3.20. The smallest absolute Gasteiger partial charge is 0.336 e. The summed E-state index contributed by atoms with van der Waals surface area (Å²) in [6.07, 6.45) is 1.03. The van der Waals surface area contributed by atoms with Crippen LogP contribution in [0.2, 0.25) is 0 Å². The highest BCUT2D eigenvalue weighted by Gasteiger charge is 2.28. The standard InChI is InChI=1S/C16H22N2O3/c1-10(2)12-7-8-18(9-12)16(21)17-14-6-4-5-13(11(14)3)15(19)20/h4-6,10,12H,7-9H2,1-3H3,(H,17,21)(H,19,20). The van der Waals surface area contributed by atoms with Crippen molar-refractivity contribution in [1.29, 1.82) is 0 Å². The lowest BCUT2D eigenvalue weighted by atomic mass is 9.95. The van der Waals surface area contributed by atoms with E-state index in [1.54, 1.807) is 24.0 Å². The minimum Gasteiger partial charge on any atom is -0.478 e. The topological polar surface area (TPSA) is 69.6 Å². The molecular formula is C16H22N2O3. The SMILES string of the molecule is Cc1c(NC(=O)N2CCC(C(C)C)C2)cccc1C(=O)O. The van der Waals surface area contributed by atoms with Crippen LogP contribution in [0, 0.1) is 18.8 Å². The molecule has 0 bridgehead atoms. The quantitative estimate of drug-likeness (QED) is 0.898. The lowest BCUT2D eigenvalue weighted by molar-refractivity contribution is 0.0696. The molecule has 1 atom stereocenters. The molecule has 5 nitrogen and oxygen atoms in total. The van der Waals surface area contributed by atoms with Crippen LogP contribution in [0.5, 0.6) is 0 Å². The third kappa shape index (κ3) is 3.35.